The predicted octanol–water partition coefficient (Wildman–Crippen LogP) is 4.59. The zero-order valence-electron chi connectivity index (χ0n) is 37.8. The van der Waals surface area contributed by atoms with Gasteiger partial charge in [0.15, 0.2) is 0 Å². The maximum atomic E-state index is 14.2. The maximum absolute atomic E-state index is 14.2. The number of carboxylic acid groups (broad SMARTS) is 1. The zero-order chi connectivity index (χ0) is 49.8. The lowest BCUT2D eigenvalue weighted by atomic mass is 9.77. The van der Waals surface area contributed by atoms with Gasteiger partial charge in [-0.25, -0.2) is 9.78 Å². The normalized spacial score (nSPS) is 12.4. The summed E-state index contributed by atoms with van der Waals surface area (Å²) in [5.74, 6) is -4.69. The number of aliphatic carboxylic acids is 1. The van der Waals surface area contributed by atoms with Crippen LogP contribution in [0.4, 0.5) is 16.2 Å². The first kappa shape index (κ1) is 50.5. The van der Waals surface area contributed by atoms with Crippen molar-refractivity contribution in [3.05, 3.63) is 164 Å². The van der Waals surface area contributed by atoms with Crippen LogP contribution in [-0.2, 0) is 40.7 Å². The van der Waals surface area contributed by atoms with Crippen LogP contribution in [0.2, 0.25) is 0 Å². The number of aromatic nitrogens is 2. The van der Waals surface area contributed by atoms with E-state index in [2.05, 4.69) is 31.6 Å². The Morgan fingerprint density at radius 3 is 1.79 bits per heavy atom. The van der Waals surface area contributed by atoms with Crippen molar-refractivity contribution in [2.45, 2.75) is 82.6 Å². The summed E-state index contributed by atoms with van der Waals surface area (Å²) < 4.78 is 6.57. The van der Waals surface area contributed by atoms with E-state index in [-0.39, 0.29) is 30.6 Å². The molecule has 5 rings (SSSR count). The second-order valence-electron chi connectivity index (χ2n) is 17.0. The number of rotatable bonds is 20. The van der Waals surface area contributed by atoms with Gasteiger partial charge in [0.1, 0.15) is 41.0 Å². The van der Waals surface area contributed by atoms with Gasteiger partial charge in [0.2, 0.25) is 23.6 Å². The van der Waals surface area contributed by atoms with Crippen LogP contribution in [-0.4, -0.2) is 90.0 Å². The molecule has 0 aliphatic carbocycles. The number of nitrogens with zero attached hydrogens (tertiary/aromatic N) is 4. The summed E-state index contributed by atoms with van der Waals surface area (Å²) in [6.45, 7) is 6.58. The summed E-state index contributed by atoms with van der Waals surface area (Å²) >= 11 is 0. The van der Waals surface area contributed by atoms with E-state index in [1.54, 1.807) is 20.8 Å². The molecular formula is C47H51N9O12. The number of nitro benzene ring substituents is 2. The van der Waals surface area contributed by atoms with Gasteiger partial charge in [0.05, 0.1) is 27.9 Å². The molecule has 0 aliphatic heterocycles. The highest BCUT2D eigenvalue weighted by molar-refractivity contribution is 5.96. The van der Waals surface area contributed by atoms with Crippen LogP contribution in [0.25, 0.3) is 5.69 Å². The highest BCUT2D eigenvalue weighted by atomic mass is 16.6. The van der Waals surface area contributed by atoms with Gasteiger partial charge in [0, 0.05) is 25.1 Å². The number of carbonyl (C=O) groups is 6. The minimum absolute atomic E-state index is 0.0828. The number of alkyl carbamates (subject to hydrolysis) is 1. The minimum Gasteiger partial charge on any atom is -0.480 e. The number of hydrogen-bond acceptors (Lipinski definition) is 12. The second-order valence-corrected chi connectivity index (χ2v) is 17.0. The van der Waals surface area contributed by atoms with Gasteiger partial charge in [-0.3, -0.25) is 48.8 Å². The molecule has 0 radical (unpaired) electrons. The van der Waals surface area contributed by atoms with Crippen molar-refractivity contribution in [2.24, 2.45) is 0 Å². The molecule has 356 valence electrons. The number of nitrogens with one attached hydrogen (secondary N) is 5. The Morgan fingerprint density at radius 2 is 1.29 bits per heavy atom. The number of carboxylic acids is 1. The molecule has 21 nitrogen and oxygen atoms in total. The molecule has 0 spiro atoms. The molecule has 5 aromatic rings. The largest absolute Gasteiger partial charge is 0.480 e. The average Bonchev–Trinajstić information content (AvgIpc) is 3.76. The quantitative estimate of drug-likeness (QED) is 0.0354. The van der Waals surface area contributed by atoms with Crippen LogP contribution in [0.5, 0.6) is 0 Å². The molecule has 1 aromatic heterocycles. The molecule has 5 amide bonds. The fraction of sp³-hybridized carbons (Fsp3) is 0.298. The van der Waals surface area contributed by atoms with Gasteiger partial charge in [-0.1, -0.05) is 91.0 Å². The fourth-order valence-electron chi connectivity index (χ4n) is 7.13. The summed E-state index contributed by atoms with van der Waals surface area (Å²) in [5.41, 5.74) is -2.96. The Morgan fingerprint density at radius 1 is 0.735 bits per heavy atom. The Kier molecular flexibility index (Phi) is 16.1. The number of nitro groups is 2. The first-order valence-electron chi connectivity index (χ1n) is 21.2. The smallest absolute Gasteiger partial charge is 0.408 e. The number of imidazole rings is 1. The molecule has 1 heterocycles. The minimum atomic E-state index is -1.85. The summed E-state index contributed by atoms with van der Waals surface area (Å²) in [5, 5.41) is 45.4. The van der Waals surface area contributed by atoms with Crippen LogP contribution in [0, 0.1) is 20.2 Å². The van der Waals surface area contributed by atoms with Crippen LogP contribution >= 0.6 is 0 Å². The summed E-state index contributed by atoms with van der Waals surface area (Å²) in [4.78, 5) is 106. The topological polar surface area (TPSA) is 296 Å². The molecule has 2 atom stereocenters. The van der Waals surface area contributed by atoms with E-state index in [9.17, 15) is 54.1 Å². The van der Waals surface area contributed by atoms with Gasteiger partial charge >= 0.3 is 12.1 Å². The Hall–Kier alpha value is -8.49. The molecule has 68 heavy (non-hydrogen) atoms. The highest BCUT2D eigenvalue weighted by Gasteiger charge is 2.39. The number of hydrogen-bond donors (Lipinski definition) is 6. The van der Waals surface area contributed by atoms with Crippen molar-refractivity contribution in [3.63, 3.8) is 0 Å². The van der Waals surface area contributed by atoms with Gasteiger partial charge in [-0.05, 0) is 63.8 Å². The third-order valence-corrected chi connectivity index (χ3v) is 10.3. The first-order valence-corrected chi connectivity index (χ1v) is 21.2. The summed E-state index contributed by atoms with van der Waals surface area (Å²) in [6.07, 6.45) is 0.439. The van der Waals surface area contributed by atoms with Crippen molar-refractivity contribution in [2.75, 3.05) is 6.54 Å². The van der Waals surface area contributed by atoms with Crippen molar-refractivity contribution >= 4 is 47.1 Å². The molecule has 0 saturated heterocycles. The number of non-ortho nitro benzene ring substituents is 1. The Balaban J connectivity index is 1.38. The van der Waals surface area contributed by atoms with Crippen molar-refractivity contribution < 1.29 is 48.5 Å². The van der Waals surface area contributed by atoms with Crippen molar-refractivity contribution in [3.8, 4) is 5.69 Å². The average molecular weight is 934 g/mol. The molecular weight excluding hydrogens is 883 g/mol. The lowest BCUT2D eigenvalue weighted by molar-refractivity contribution is -0.394. The molecule has 0 bridgehead atoms. The van der Waals surface area contributed by atoms with Crippen molar-refractivity contribution in [1.82, 2.24) is 36.1 Å². The number of benzene rings is 4. The van der Waals surface area contributed by atoms with Gasteiger partial charge in [-0.2, -0.15) is 0 Å². The molecule has 4 aromatic carbocycles. The van der Waals surface area contributed by atoms with E-state index in [0.717, 1.165) is 34.9 Å². The SMILES string of the molecule is CC(C)(C)OC(=O)N[C@@H](Cc1cn(-c2ccc([N+](=O)[O-])cc2[N+](=O)[O-])cn1)C(=O)NC(C)(C)C(=O)N[C@@H](CCC(=O)NC(c1ccccc1)(c1ccccc1)c1ccccc1)C(=O)NCC(=O)O. The first-order chi connectivity index (χ1) is 32.1. The molecule has 0 fully saturated rings. The van der Waals surface area contributed by atoms with Gasteiger partial charge in [-0.15, -0.1) is 0 Å². The summed E-state index contributed by atoms with van der Waals surface area (Å²) in [6, 6.07) is 27.8. The van der Waals surface area contributed by atoms with E-state index in [1.165, 1.54) is 30.9 Å². The predicted molar refractivity (Wildman–Crippen MR) is 245 cm³/mol. The molecule has 0 aliphatic rings. The van der Waals surface area contributed by atoms with E-state index in [4.69, 9.17) is 4.74 Å². The molecule has 0 saturated carbocycles. The van der Waals surface area contributed by atoms with Crippen molar-refractivity contribution in [1.29, 1.82) is 0 Å². The zero-order valence-corrected chi connectivity index (χ0v) is 37.8. The molecule has 6 N–H and O–H groups in total. The second kappa shape index (κ2) is 21.7. The van der Waals surface area contributed by atoms with Gasteiger partial charge in [0.25, 0.3) is 11.4 Å². The number of carbonyl (C=O) groups excluding carboxylic acids is 5. The van der Waals surface area contributed by atoms with Crippen LogP contribution in [0.3, 0.4) is 0 Å². The number of ether oxygens (including phenoxy) is 1. The third-order valence-electron chi connectivity index (χ3n) is 10.3. The van der Waals surface area contributed by atoms with Crippen LogP contribution < -0.4 is 26.6 Å². The summed E-state index contributed by atoms with van der Waals surface area (Å²) in [7, 11) is 0. The molecule has 0 unspecified atom stereocenters. The Labute approximate surface area is 390 Å². The van der Waals surface area contributed by atoms with Crippen LogP contribution in [0.1, 0.15) is 69.8 Å². The Bertz CT molecular complexity index is 2550. The van der Waals surface area contributed by atoms with E-state index >= 15 is 0 Å². The highest BCUT2D eigenvalue weighted by Crippen LogP contribution is 2.37. The number of amides is 5. The van der Waals surface area contributed by atoms with Gasteiger partial charge < -0.3 is 36.4 Å². The molecule has 21 heteroatoms. The van der Waals surface area contributed by atoms with E-state index in [0.29, 0.717) is 0 Å². The monoisotopic (exact) mass is 933 g/mol. The lowest BCUT2D eigenvalue weighted by Crippen LogP contribution is -2.62. The van der Waals surface area contributed by atoms with E-state index < -0.39 is 92.2 Å². The third kappa shape index (κ3) is 13.1. The fourth-order valence-corrected chi connectivity index (χ4v) is 7.13. The van der Waals surface area contributed by atoms with E-state index in [1.807, 2.05) is 91.0 Å². The maximum Gasteiger partial charge on any atom is 0.408 e. The lowest BCUT2D eigenvalue weighted by Gasteiger charge is -2.37. The standard InChI is InChI=1S/C47H51N9O12/c1-45(2,3)68-44(63)51-36(25-33-28-54(29-49-33)37-23-21-34(55(64)65)26-38(37)56(66)67)42(61)53-46(4,5)43(62)50-35(41(60)48-27-40(58)59)22-24-39(57)52-47(30-15-9-6-10-16-30,31-17-11-7-12-18-31)32-19-13-8-14-20-32/h6-21,23,26,28-29,35-36H,22,24-25,27H2,1-5H3,(H,48,60)(H,50,62)(H,51,63)(H,52,57)(H,53,61)(H,58,59)/t35-,36-/m0/s1. The van der Waals surface area contributed by atoms with Crippen LogP contribution in [0.15, 0.2) is 122 Å².